The average Bonchev–Trinajstić information content (AvgIpc) is 3.03. The van der Waals surface area contributed by atoms with Crippen LogP contribution in [0.5, 0.6) is 0 Å². The third kappa shape index (κ3) is 3.60. The molecular formula is C14H20ClNO3S2. The molecular weight excluding hydrogens is 330 g/mol. The molecule has 0 saturated heterocycles. The molecule has 0 aromatic carbocycles. The molecule has 1 aliphatic carbocycles. The van der Waals surface area contributed by atoms with Crippen LogP contribution >= 0.6 is 22.9 Å². The van der Waals surface area contributed by atoms with Gasteiger partial charge in [0.1, 0.15) is 0 Å². The number of hydrogen-bond acceptors (Lipinski definition) is 4. The van der Waals surface area contributed by atoms with Gasteiger partial charge in [-0.15, -0.1) is 11.3 Å². The van der Waals surface area contributed by atoms with Crippen LogP contribution in [-0.4, -0.2) is 43.8 Å². The largest absolute Gasteiger partial charge is 0.341 e. The summed E-state index contributed by atoms with van der Waals surface area (Å²) in [5, 5.41) is -0.439. The Morgan fingerprint density at radius 2 is 2.10 bits per heavy atom. The summed E-state index contributed by atoms with van der Waals surface area (Å²) in [5.74, 6) is -0.345. The Morgan fingerprint density at radius 3 is 2.62 bits per heavy atom. The first-order chi connectivity index (χ1) is 9.71. The number of amides is 1. The molecule has 3 unspecified atom stereocenters. The number of sulfone groups is 1. The van der Waals surface area contributed by atoms with Gasteiger partial charge in [-0.2, -0.15) is 0 Å². The fraction of sp³-hybridized carbons (Fsp3) is 0.643. The molecule has 7 heteroatoms. The molecule has 1 heterocycles. The van der Waals surface area contributed by atoms with E-state index in [2.05, 4.69) is 0 Å². The van der Waals surface area contributed by atoms with E-state index in [1.807, 2.05) is 13.0 Å². The quantitative estimate of drug-likeness (QED) is 0.839. The lowest BCUT2D eigenvalue weighted by Crippen LogP contribution is -2.45. The van der Waals surface area contributed by atoms with Crippen LogP contribution in [0, 0.1) is 0 Å². The zero-order chi connectivity index (χ0) is 15.8. The van der Waals surface area contributed by atoms with Crippen molar-refractivity contribution >= 4 is 38.7 Å². The number of halogens is 1. The minimum Gasteiger partial charge on any atom is -0.341 e. The summed E-state index contributed by atoms with van der Waals surface area (Å²) in [7, 11) is -1.42. The Kier molecular flexibility index (Phi) is 5.00. The van der Waals surface area contributed by atoms with Gasteiger partial charge in [0.25, 0.3) is 0 Å². The van der Waals surface area contributed by atoms with Crippen LogP contribution in [0.2, 0.25) is 4.34 Å². The lowest BCUT2D eigenvalue weighted by atomic mass is 10.1. The first kappa shape index (κ1) is 16.8. The summed E-state index contributed by atoms with van der Waals surface area (Å²) >= 11 is 7.30. The molecule has 1 amide bonds. The van der Waals surface area contributed by atoms with Crippen LogP contribution in [0.3, 0.4) is 0 Å². The highest BCUT2D eigenvalue weighted by Crippen LogP contribution is 2.33. The molecule has 0 spiro atoms. The first-order valence-corrected chi connectivity index (χ1v) is 10.1. The lowest BCUT2D eigenvalue weighted by molar-refractivity contribution is -0.132. The Bertz CT molecular complexity index is 626. The molecule has 1 aromatic heterocycles. The normalized spacial score (nSPS) is 24.0. The molecule has 2 rings (SSSR count). The molecule has 0 bridgehead atoms. The van der Waals surface area contributed by atoms with Gasteiger partial charge in [0.2, 0.25) is 5.91 Å². The fourth-order valence-corrected chi connectivity index (χ4v) is 5.59. The number of hydrogen-bond donors (Lipinski definition) is 0. The Balaban J connectivity index is 2.15. The highest BCUT2D eigenvalue weighted by molar-refractivity contribution is 7.91. The second-order valence-corrected chi connectivity index (χ2v) is 9.69. The number of rotatable bonds is 4. The summed E-state index contributed by atoms with van der Waals surface area (Å²) < 4.78 is 24.4. The lowest BCUT2D eigenvalue weighted by Gasteiger charge is -2.30. The molecule has 3 atom stereocenters. The van der Waals surface area contributed by atoms with Crippen molar-refractivity contribution in [1.82, 2.24) is 4.90 Å². The Labute approximate surface area is 135 Å². The van der Waals surface area contributed by atoms with E-state index in [1.165, 1.54) is 17.6 Å². The zero-order valence-electron chi connectivity index (χ0n) is 12.4. The van der Waals surface area contributed by atoms with E-state index in [-0.39, 0.29) is 17.9 Å². The average molecular weight is 350 g/mol. The molecule has 1 fully saturated rings. The molecule has 1 aromatic rings. The maximum Gasteiger partial charge on any atom is 0.230 e. The van der Waals surface area contributed by atoms with Crippen molar-refractivity contribution in [2.75, 3.05) is 13.3 Å². The minimum atomic E-state index is -3.13. The van der Waals surface area contributed by atoms with Crippen LogP contribution in [0.1, 0.15) is 37.0 Å². The third-order valence-electron chi connectivity index (χ3n) is 4.20. The zero-order valence-corrected chi connectivity index (χ0v) is 14.8. The third-order valence-corrected chi connectivity index (χ3v) is 7.27. The smallest absolute Gasteiger partial charge is 0.230 e. The van der Waals surface area contributed by atoms with Gasteiger partial charge in [0, 0.05) is 24.2 Å². The van der Waals surface area contributed by atoms with Gasteiger partial charge < -0.3 is 4.90 Å². The molecule has 118 valence electrons. The molecule has 1 saturated carbocycles. The van der Waals surface area contributed by atoms with Gasteiger partial charge in [0.05, 0.1) is 15.5 Å². The number of carbonyl (C=O) groups excluding carboxylic acids is 1. The second-order valence-electron chi connectivity index (χ2n) is 5.68. The van der Waals surface area contributed by atoms with Crippen molar-refractivity contribution in [3.63, 3.8) is 0 Å². The van der Waals surface area contributed by atoms with E-state index < -0.39 is 15.1 Å². The first-order valence-electron chi connectivity index (χ1n) is 6.92. The fourth-order valence-electron chi connectivity index (χ4n) is 3.00. The molecule has 1 aliphatic rings. The SMILES string of the molecule is CC(C(=O)N(C)C1CCCC1S(C)(=O)=O)c1ccc(Cl)s1. The van der Waals surface area contributed by atoms with Crippen molar-refractivity contribution in [3.8, 4) is 0 Å². The Hall–Kier alpha value is -0.590. The van der Waals surface area contributed by atoms with E-state index in [4.69, 9.17) is 11.6 Å². The van der Waals surface area contributed by atoms with E-state index in [0.29, 0.717) is 10.8 Å². The summed E-state index contributed by atoms with van der Waals surface area (Å²) in [5.41, 5.74) is 0. The maximum atomic E-state index is 12.6. The van der Waals surface area contributed by atoms with Crippen molar-refractivity contribution < 1.29 is 13.2 Å². The summed E-state index contributed by atoms with van der Waals surface area (Å²) in [6, 6.07) is 3.41. The summed E-state index contributed by atoms with van der Waals surface area (Å²) in [6.45, 7) is 1.84. The van der Waals surface area contributed by atoms with Crippen molar-refractivity contribution in [2.24, 2.45) is 0 Å². The van der Waals surface area contributed by atoms with Gasteiger partial charge in [0.15, 0.2) is 9.84 Å². The summed E-state index contributed by atoms with van der Waals surface area (Å²) in [6.07, 6.45) is 3.49. The van der Waals surface area contributed by atoms with Gasteiger partial charge in [-0.05, 0) is 38.3 Å². The number of likely N-dealkylation sites (N-methyl/N-ethyl adjacent to an activating group) is 1. The van der Waals surface area contributed by atoms with E-state index in [1.54, 1.807) is 18.0 Å². The minimum absolute atomic E-state index is 0.0472. The molecule has 0 radical (unpaired) electrons. The van der Waals surface area contributed by atoms with E-state index in [0.717, 1.165) is 17.7 Å². The molecule has 0 N–H and O–H groups in total. The maximum absolute atomic E-state index is 12.6. The van der Waals surface area contributed by atoms with Crippen molar-refractivity contribution in [3.05, 3.63) is 21.3 Å². The number of carbonyl (C=O) groups is 1. The van der Waals surface area contributed by atoms with E-state index >= 15 is 0 Å². The monoisotopic (exact) mass is 349 g/mol. The van der Waals surface area contributed by atoms with Gasteiger partial charge in [-0.3, -0.25) is 4.79 Å². The van der Waals surface area contributed by atoms with Gasteiger partial charge >= 0.3 is 0 Å². The van der Waals surface area contributed by atoms with Gasteiger partial charge in [-0.25, -0.2) is 8.42 Å². The number of thiophene rings is 1. The summed E-state index contributed by atoms with van der Waals surface area (Å²) in [4.78, 5) is 15.1. The van der Waals surface area contributed by atoms with E-state index in [9.17, 15) is 13.2 Å². The van der Waals surface area contributed by atoms with Crippen LogP contribution in [0.4, 0.5) is 0 Å². The standard InChI is InChI=1S/C14H20ClNO3S2/c1-9(11-7-8-13(15)20-11)14(17)16(2)10-5-4-6-12(10)21(3,18)19/h7-10,12H,4-6H2,1-3H3. The predicted molar refractivity (Wildman–Crippen MR) is 86.8 cm³/mol. The van der Waals surface area contributed by atoms with Crippen LogP contribution < -0.4 is 0 Å². The Morgan fingerprint density at radius 1 is 1.43 bits per heavy atom. The highest BCUT2D eigenvalue weighted by atomic mass is 35.5. The van der Waals surface area contributed by atoms with Crippen LogP contribution in [0.25, 0.3) is 0 Å². The molecule has 21 heavy (non-hydrogen) atoms. The van der Waals surface area contributed by atoms with Gasteiger partial charge in [-0.1, -0.05) is 11.6 Å². The highest BCUT2D eigenvalue weighted by Gasteiger charge is 2.39. The molecule has 4 nitrogen and oxygen atoms in total. The van der Waals surface area contributed by atoms with Crippen LogP contribution in [-0.2, 0) is 14.6 Å². The number of nitrogens with zero attached hydrogens (tertiary/aromatic N) is 1. The second kappa shape index (κ2) is 6.26. The predicted octanol–water partition coefficient (Wildman–Crippen LogP) is 2.93. The molecule has 0 aliphatic heterocycles. The van der Waals surface area contributed by atoms with Crippen molar-refractivity contribution in [2.45, 2.75) is 43.4 Å². The van der Waals surface area contributed by atoms with Crippen LogP contribution in [0.15, 0.2) is 12.1 Å². The van der Waals surface area contributed by atoms with Crippen molar-refractivity contribution in [1.29, 1.82) is 0 Å². The topological polar surface area (TPSA) is 54.5 Å².